The van der Waals surface area contributed by atoms with Crippen molar-refractivity contribution in [2.45, 2.75) is 0 Å². The Morgan fingerprint density at radius 3 is 2.14 bits per heavy atom. The van der Waals surface area contributed by atoms with Gasteiger partial charge in [-0.3, -0.25) is 4.79 Å². The number of benzene rings is 2. The Hall–Kier alpha value is -2.28. The van der Waals surface area contributed by atoms with E-state index in [-0.39, 0.29) is 22.3 Å². The first-order valence-electron chi connectivity index (χ1n) is 5.50. The Kier molecular flexibility index (Phi) is 4.04. The number of nitrogens with one attached hydrogen (secondary N) is 1. The van der Waals surface area contributed by atoms with E-state index in [2.05, 4.69) is 0 Å². The molecule has 0 atom stereocenters. The van der Waals surface area contributed by atoms with Gasteiger partial charge in [0.1, 0.15) is 5.69 Å². The topological polar surface area (TPSA) is 55.1 Å². The molecule has 21 heavy (non-hydrogen) atoms. The van der Waals surface area contributed by atoms with E-state index in [1.165, 1.54) is 12.1 Å². The summed E-state index contributed by atoms with van der Waals surface area (Å²) in [5.74, 6) is -7.66. The molecular weight excluding hydrogens is 312 g/mol. The van der Waals surface area contributed by atoms with Crippen LogP contribution in [0, 0.1) is 23.3 Å². The highest BCUT2D eigenvalue weighted by atomic mass is 35.5. The van der Waals surface area contributed by atoms with Crippen molar-refractivity contribution in [2.24, 2.45) is 0 Å². The Morgan fingerprint density at radius 2 is 1.62 bits per heavy atom. The van der Waals surface area contributed by atoms with E-state index in [4.69, 9.17) is 17.3 Å². The lowest BCUT2D eigenvalue weighted by atomic mass is 10.2. The third-order valence-corrected chi connectivity index (χ3v) is 2.94. The summed E-state index contributed by atoms with van der Waals surface area (Å²) in [6.07, 6.45) is 0. The van der Waals surface area contributed by atoms with Crippen LogP contribution in [-0.4, -0.2) is 5.91 Å². The lowest BCUT2D eigenvalue weighted by Crippen LogP contribution is -2.16. The number of carbonyl (C=O) groups excluding carboxylic acids is 1. The maximum atomic E-state index is 13.4. The average molecular weight is 319 g/mol. The van der Waals surface area contributed by atoms with Gasteiger partial charge in [-0.1, -0.05) is 11.6 Å². The molecule has 0 aliphatic carbocycles. The summed E-state index contributed by atoms with van der Waals surface area (Å²) < 4.78 is 52.9. The quantitative estimate of drug-likeness (QED) is 0.503. The highest BCUT2D eigenvalue weighted by Gasteiger charge is 2.21. The summed E-state index contributed by atoms with van der Waals surface area (Å²) in [5, 5.41) is 1.80. The molecule has 0 bridgehead atoms. The van der Waals surface area contributed by atoms with Gasteiger partial charge in [0.15, 0.2) is 23.3 Å². The fourth-order valence-electron chi connectivity index (χ4n) is 1.54. The van der Waals surface area contributed by atoms with Crippen LogP contribution < -0.4 is 11.1 Å². The molecule has 8 heteroatoms. The lowest BCUT2D eigenvalue weighted by molar-refractivity contribution is 0.102. The van der Waals surface area contributed by atoms with Crippen LogP contribution >= 0.6 is 11.6 Å². The molecule has 0 fully saturated rings. The van der Waals surface area contributed by atoms with Crippen molar-refractivity contribution in [3.05, 3.63) is 58.1 Å². The Morgan fingerprint density at radius 1 is 1.05 bits per heavy atom. The fourth-order valence-corrected chi connectivity index (χ4v) is 1.72. The van der Waals surface area contributed by atoms with Gasteiger partial charge in [0.25, 0.3) is 5.91 Å². The van der Waals surface area contributed by atoms with E-state index in [0.717, 1.165) is 6.07 Å². The van der Waals surface area contributed by atoms with E-state index in [9.17, 15) is 22.4 Å². The minimum Gasteiger partial charge on any atom is -0.398 e. The number of carbonyl (C=O) groups is 1. The van der Waals surface area contributed by atoms with Gasteiger partial charge < -0.3 is 11.1 Å². The molecule has 0 spiro atoms. The average Bonchev–Trinajstić information content (AvgIpc) is 2.44. The number of nitrogens with two attached hydrogens (primary N) is 1. The number of anilines is 2. The van der Waals surface area contributed by atoms with Gasteiger partial charge in [-0.2, -0.15) is 0 Å². The van der Waals surface area contributed by atoms with Crippen LogP contribution in [0.2, 0.25) is 5.02 Å². The minimum absolute atomic E-state index is 0.0421. The van der Waals surface area contributed by atoms with E-state index in [1.807, 2.05) is 0 Å². The molecular formula is C13H7ClF4N2O. The van der Waals surface area contributed by atoms with Crippen molar-refractivity contribution in [1.29, 1.82) is 0 Å². The molecule has 3 nitrogen and oxygen atoms in total. The zero-order valence-corrected chi connectivity index (χ0v) is 10.9. The smallest absolute Gasteiger partial charge is 0.255 e. The molecule has 0 aliphatic rings. The van der Waals surface area contributed by atoms with Crippen LogP contribution in [0.1, 0.15) is 10.4 Å². The second-order valence-electron chi connectivity index (χ2n) is 4.03. The number of hydrogen-bond acceptors (Lipinski definition) is 2. The summed E-state index contributed by atoms with van der Waals surface area (Å²) in [6, 6.07) is 3.73. The summed E-state index contributed by atoms with van der Waals surface area (Å²) in [4.78, 5) is 11.8. The van der Waals surface area contributed by atoms with Crippen molar-refractivity contribution >= 4 is 28.9 Å². The summed E-state index contributed by atoms with van der Waals surface area (Å²) >= 11 is 5.70. The van der Waals surface area contributed by atoms with Gasteiger partial charge in [0.05, 0.1) is 10.7 Å². The molecule has 0 saturated heterocycles. The third-order valence-electron chi connectivity index (χ3n) is 2.61. The Balaban J connectivity index is 2.38. The van der Waals surface area contributed by atoms with Crippen molar-refractivity contribution in [2.75, 3.05) is 11.1 Å². The predicted molar refractivity (Wildman–Crippen MR) is 70.1 cm³/mol. The first-order valence-corrected chi connectivity index (χ1v) is 5.88. The molecule has 0 aliphatic heterocycles. The largest absolute Gasteiger partial charge is 0.398 e. The molecule has 2 aromatic rings. The third kappa shape index (κ3) is 2.92. The molecule has 0 aromatic heterocycles. The summed E-state index contributed by atoms with van der Waals surface area (Å²) in [6.45, 7) is 0. The van der Waals surface area contributed by atoms with Gasteiger partial charge in [-0.05, 0) is 18.2 Å². The van der Waals surface area contributed by atoms with Gasteiger partial charge in [-0.15, -0.1) is 0 Å². The van der Waals surface area contributed by atoms with E-state index in [1.54, 1.807) is 5.32 Å². The second kappa shape index (κ2) is 5.61. The molecule has 0 heterocycles. The van der Waals surface area contributed by atoms with Crippen LogP contribution in [0.25, 0.3) is 0 Å². The van der Waals surface area contributed by atoms with Crippen LogP contribution in [0.15, 0.2) is 24.3 Å². The molecule has 0 unspecified atom stereocenters. The van der Waals surface area contributed by atoms with Crippen molar-refractivity contribution < 1.29 is 22.4 Å². The zero-order valence-electron chi connectivity index (χ0n) is 10.2. The van der Waals surface area contributed by atoms with Gasteiger partial charge in [0, 0.05) is 11.6 Å². The van der Waals surface area contributed by atoms with E-state index in [0.29, 0.717) is 0 Å². The van der Waals surface area contributed by atoms with Crippen molar-refractivity contribution in [1.82, 2.24) is 0 Å². The van der Waals surface area contributed by atoms with E-state index < -0.39 is 34.9 Å². The van der Waals surface area contributed by atoms with Crippen LogP contribution in [0.4, 0.5) is 28.9 Å². The zero-order chi connectivity index (χ0) is 15.7. The molecule has 1 amide bonds. The Bertz CT molecular complexity index is 710. The highest BCUT2D eigenvalue weighted by molar-refractivity contribution is 6.33. The molecule has 0 radical (unpaired) electrons. The molecule has 0 saturated carbocycles. The molecule has 2 aromatic carbocycles. The summed E-state index contributed by atoms with van der Waals surface area (Å²) in [7, 11) is 0. The standard InChI is InChI=1S/C13H7ClF4N2O/c14-6-3-5(1-2-9(6)19)13(21)20-12-10(17)7(15)4-8(16)11(12)18/h1-4H,19H2,(H,20,21). The molecule has 110 valence electrons. The fraction of sp³-hybridized carbons (Fsp3) is 0. The lowest BCUT2D eigenvalue weighted by Gasteiger charge is -2.09. The monoisotopic (exact) mass is 318 g/mol. The molecule has 3 N–H and O–H groups in total. The first-order chi connectivity index (χ1) is 9.81. The van der Waals surface area contributed by atoms with Gasteiger partial charge in [0.2, 0.25) is 0 Å². The first kappa shape index (κ1) is 15.1. The number of halogens is 5. The van der Waals surface area contributed by atoms with E-state index >= 15 is 0 Å². The maximum absolute atomic E-state index is 13.4. The second-order valence-corrected chi connectivity index (χ2v) is 4.44. The van der Waals surface area contributed by atoms with Crippen LogP contribution in [-0.2, 0) is 0 Å². The SMILES string of the molecule is Nc1ccc(C(=O)Nc2c(F)c(F)cc(F)c2F)cc1Cl. The van der Waals surface area contributed by atoms with Crippen molar-refractivity contribution in [3.63, 3.8) is 0 Å². The summed E-state index contributed by atoms with van der Waals surface area (Å²) in [5.41, 5.74) is 4.34. The minimum atomic E-state index is -1.70. The van der Waals surface area contributed by atoms with Crippen molar-refractivity contribution in [3.8, 4) is 0 Å². The Labute approximate surface area is 121 Å². The normalized spacial score (nSPS) is 10.5. The maximum Gasteiger partial charge on any atom is 0.255 e. The number of rotatable bonds is 2. The number of amides is 1. The molecule has 2 rings (SSSR count). The van der Waals surface area contributed by atoms with Crippen LogP contribution in [0.5, 0.6) is 0 Å². The highest BCUT2D eigenvalue weighted by Crippen LogP contribution is 2.25. The predicted octanol–water partition coefficient (Wildman–Crippen LogP) is 3.73. The number of hydrogen-bond donors (Lipinski definition) is 2. The van der Waals surface area contributed by atoms with Crippen LogP contribution in [0.3, 0.4) is 0 Å². The number of nitrogen functional groups attached to an aromatic ring is 1. The van der Waals surface area contributed by atoms with Gasteiger partial charge >= 0.3 is 0 Å². The van der Waals surface area contributed by atoms with Gasteiger partial charge in [-0.25, -0.2) is 17.6 Å².